The van der Waals surface area contributed by atoms with Crippen molar-refractivity contribution in [2.24, 2.45) is 0 Å². The van der Waals surface area contributed by atoms with E-state index in [1.165, 1.54) is 0 Å². The lowest BCUT2D eigenvalue weighted by molar-refractivity contribution is -0.143. The minimum atomic E-state index is -0.917. The number of hydrogen-bond acceptors (Lipinski definition) is 4. The zero-order chi connectivity index (χ0) is 14.9. The van der Waals surface area contributed by atoms with Crippen molar-refractivity contribution in [1.29, 1.82) is 0 Å². The van der Waals surface area contributed by atoms with Crippen LogP contribution < -0.4 is 9.47 Å². The van der Waals surface area contributed by atoms with Crippen molar-refractivity contribution < 1.29 is 24.2 Å². The first kappa shape index (κ1) is 13.9. The van der Waals surface area contributed by atoms with Crippen molar-refractivity contribution in [3.8, 4) is 11.5 Å². The predicted octanol–water partition coefficient (Wildman–Crippen LogP) is 2.56. The van der Waals surface area contributed by atoms with Crippen LogP contribution in [-0.4, -0.2) is 30.6 Å². The summed E-state index contributed by atoms with van der Waals surface area (Å²) in [5, 5.41) is 9.75. The molecule has 1 fully saturated rings. The lowest BCUT2D eigenvalue weighted by atomic mass is 9.78. The Morgan fingerprint density at radius 2 is 1.76 bits per heavy atom. The Morgan fingerprint density at radius 1 is 1.10 bits per heavy atom. The van der Waals surface area contributed by atoms with Gasteiger partial charge >= 0.3 is 5.97 Å². The van der Waals surface area contributed by atoms with Gasteiger partial charge in [0.25, 0.3) is 0 Å². The number of rotatable bonds is 3. The van der Waals surface area contributed by atoms with Gasteiger partial charge in [-0.2, -0.15) is 0 Å². The summed E-state index contributed by atoms with van der Waals surface area (Å²) >= 11 is 0. The van der Waals surface area contributed by atoms with Crippen LogP contribution >= 0.6 is 0 Å². The van der Waals surface area contributed by atoms with E-state index in [2.05, 4.69) is 0 Å². The van der Waals surface area contributed by atoms with E-state index in [0.29, 0.717) is 55.1 Å². The third kappa shape index (κ3) is 2.17. The fourth-order valence-electron chi connectivity index (χ4n) is 3.32. The number of ether oxygens (including phenoxy) is 2. The van der Waals surface area contributed by atoms with Gasteiger partial charge in [-0.05, 0) is 18.9 Å². The van der Waals surface area contributed by atoms with Gasteiger partial charge in [-0.1, -0.05) is 18.9 Å². The molecular weight excluding hydrogens is 272 g/mol. The number of carbonyl (C=O) groups excluding carboxylic acids is 1. The van der Waals surface area contributed by atoms with E-state index in [0.717, 1.165) is 19.1 Å². The van der Waals surface area contributed by atoms with Gasteiger partial charge in [-0.3, -0.25) is 9.59 Å². The summed E-state index contributed by atoms with van der Waals surface area (Å²) in [5.41, 5.74) is 0.142. The maximum Gasteiger partial charge on any atom is 0.314 e. The Balaban J connectivity index is 2.19. The van der Waals surface area contributed by atoms with Crippen LogP contribution in [0.1, 0.15) is 48.0 Å². The first-order valence-electron chi connectivity index (χ1n) is 7.31. The standard InChI is InChI=1S/C16H18O5/c17-10-11-4-5-12(14-13(11)20-8-3-9-21-14)16(15(18)19)6-1-2-7-16/h4-5,10H,1-3,6-9H2,(H,18,19). The Kier molecular flexibility index (Phi) is 3.57. The van der Waals surface area contributed by atoms with E-state index in [9.17, 15) is 14.7 Å². The summed E-state index contributed by atoms with van der Waals surface area (Å²) in [7, 11) is 0. The van der Waals surface area contributed by atoms with Gasteiger partial charge in [0.15, 0.2) is 17.8 Å². The molecule has 1 aliphatic heterocycles. The molecule has 1 heterocycles. The number of carboxylic acid groups (broad SMARTS) is 1. The van der Waals surface area contributed by atoms with Crippen molar-refractivity contribution in [3.63, 3.8) is 0 Å². The van der Waals surface area contributed by atoms with Gasteiger partial charge in [0.2, 0.25) is 0 Å². The molecule has 0 unspecified atom stereocenters. The minimum Gasteiger partial charge on any atom is -0.489 e. The molecule has 0 bridgehead atoms. The summed E-state index contributed by atoms with van der Waals surface area (Å²) in [5.74, 6) is 0.0165. The smallest absolute Gasteiger partial charge is 0.314 e. The van der Waals surface area contributed by atoms with E-state index < -0.39 is 11.4 Å². The van der Waals surface area contributed by atoms with Gasteiger partial charge in [-0.15, -0.1) is 0 Å². The highest BCUT2D eigenvalue weighted by Gasteiger charge is 2.46. The average molecular weight is 290 g/mol. The highest BCUT2D eigenvalue weighted by atomic mass is 16.5. The normalized spacial score (nSPS) is 19.8. The molecule has 0 spiro atoms. The van der Waals surface area contributed by atoms with Crippen LogP contribution in [0.5, 0.6) is 11.5 Å². The van der Waals surface area contributed by atoms with E-state index >= 15 is 0 Å². The highest BCUT2D eigenvalue weighted by Crippen LogP contribution is 2.49. The molecule has 5 nitrogen and oxygen atoms in total. The van der Waals surface area contributed by atoms with Crippen LogP contribution in [0.25, 0.3) is 0 Å². The lowest BCUT2D eigenvalue weighted by Gasteiger charge is -2.27. The van der Waals surface area contributed by atoms with Crippen LogP contribution in [0.15, 0.2) is 12.1 Å². The van der Waals surface area contributed by atoms with Crippen LogP contribution in [0.4, 0.5) is 0 Å². The molecule has 1 aromatic carbocycles. The summed E-state index contributed by atoms with van der Waals surface area (Å²) in [4.78, 5) is 23.1. The molecule has 1 aromatic rings. The summed E-state index contributed by atoms with van der Waals surface area (Å²) in [6.45, 7) is 0.940. The quantitative estimate of drug-likeness (QED) is 0.866. The molecule has 1 N–H and O–H groups in total. The average Bonchev–Trinajstić information content (AvgIpc) is 2.86. The second kappa shape index (κ2) is 5.39. The van der Waals surface area contributed by atoms with E-state index in [4.69, 9.17) is 9.47 Å². The van der Waals surface area contributed by atoms with Crippen LogP contribution in [0, 0.1) is 0 Å². The van der Waals surface area contributed by atoms with E-state index in [-0.39, 0.29) is 0 Å². The molecule has 2 aliphatic rings. The first-order valence-corrected chi connectivity index (χ1v) is 7.31. The molecule has 0 saturated heterocycles. The monoisotopic (exact) mass is 290 g/mol. The maximum atomic E-state index is 11.9. The molecule has 112 valence electrons. The van der Waals surface area contributed by atoms with Crippen LogP contribution in [0.2, 0.25) is 0 Å². The van der Waals surface area contributed by atoms with Crippen molar-refractivity contribution in [2.75, 3.05) is 13.2 Å². The molecule has 21 heavy (non-hydrogen) atoms. The Hall–Kier alpha value is -2.04. The summed E-state index contributed by atoms with van der Waals surface area (Å²) < 4.78 is 11.4. The number of benzene rings is 1. The SMILES string of the molecule is O=Cc1ccc(C2(C(=O)O)CCCC2)c2c1OCCCO2. The van der Waals surface area contributed by atoms with Crippen molar-refractivity contribution >= 4 is 12.3 Å². The number of aliphatic carboxylic acids is 1. The fourth-order valence-corrected chi connectivity index (χ4v) is 3.32. The molecule has 0 amide bonds. The molecular formula is C16H18O5. The highest BCUT2D eigenvalue weighted by molar-refractivity contribution is 5.87. The molecule has 0 atom stereocenters. The zero-order valence-corrected chi connectivity index (χ0v) is 11.8. The number of carboxylic acids is 1. The Morgan fingerprint density at radius 3 is 2.38 bits per heavy atom. The molecule has 0 radical (unpaired) electrons. The topological polar surface area (TPSA) is 72.8 Å². The van der Waals surface area contributed by atoms with Crippen LogP contribution in [0.3, 0.4) is 0 Å². The van der Waals surface area contributed by atoms with Gasteiger partial charge < -0.3 is 14.6 Å². The van der Waals surface area contributed by atoms with Crippen molar-refractivity contribution in [1.82, 2.24) is 0 Å². The molecule has 0 aromatic heterocycles. The van der Waals surface area contributed by atoms with Crippen molar-refractivity contribution in [3.05, 3.63) is 23.3 Å². The second-order valence-electron chi connectivity index (χ2n) is 5.62. The second-order valence-corrected chi connectivity index (χ2v) is 5.62. The predicted molar refractivity (Wildman–Crippen MR) is 75.2 cm³/mol. The molecule has 1 saturated carbocycles. The number of fused-ring (bicyclic) bond motifs is 1. The largest absolute Gasteiger partial charge is 0.489 e. The number of hydrogen-bond donors (Lipinski definition) is 1. The van der Waals surface area contributed by atoms with Gasteiger partial charge in [-0.25, -0.2) is 0 Å². The number of aldehydes is 1. The third-order valence-electron chi connectivity index (χ3n) is 4.43. The fraction of sp³-hybridized carbons (Fsp3) is 0.500. The van der Waals surface area contributed by atoms with E-state index in [1.807, 2.05) is 0 Å². The van der Waals surface area contributed by atoms with Crippen LogP contribution in [-0.2, 0) is 10.2 Å². The third-order valence-corrected chi connectivity index (χ3v) is 4.43. The van der Waals surface area contributed by atoms with Crippen molar-refractivity contribution in [2.45, 2.75) is 37.5 Å². The molecule has 1 aliphatic carbocycles. The maximum absolute atomic E-state index is 11.9. The van der Waals surface area contributed by atoms with Gasteiger partial charge in [0, 0.05) is 12.0 Å². The molecule has 5 heteroatoms. The Bertz CT molecular complexity index is 572. The lowest BCUT2D eigenvalue weighted by Crippen LogP contribution is -2.33. The Labute approximate surface area is 122 Å². The molecule has 3 rings (SSSR count). The summed E-state index contributed by atoms with van der Waals surface area (Å²) in [6, 6.07) is 3.36. The zero-order valence-electron chi connectivity index (χ0n) is 11.8. The first-order chi connectivity index (χ1) is 10.2. The minimum absolute atomic E-state index is 0.396. The number of carbonyl (C=O) groups is 2. The van der Waals surface area contributed by atoms with E-state index in [1.54, 1.807) is 12.1 Å². The van der Waals surface area contributed by atoms with Gasteiger partial charge in [0.1, 0.15) is 0 Å². The summed E-state index contributed by atoms with van der Waals surface area (Å²) in [6.07, 6.45) is 4.40. The van der Waals surface area contributed by atoms with Gasteiger partial charge in [0.05, 0.1) is 24.2 Å².